The molecule has 0 aromatic heterocycles. The summed E-state index contributed by atoms with van der Waals surface area (Å²) in [5, 5.41) is 14.1. The van der Waals surface area contributed by atoms with Gasteiger partial charge in [0.05, 0.1) is 0 Å². The monoisotopic (exact) mass is 306 g/mol. The molecule has 0 bridgehead atoms. The van der Waals surface area contributed by atoms with Crippen LogP contribution in [0.2, 0.25) is 0 Å². The van der Waals surface area contributed by atoms with Gasteiger partial charge in [-0.3, -0.25) is 9.59 Å². The Hall–Kier alpha value is -2.37. The average Bonchev–Trinajstić information content (AvgIpc) is 2.44. The van der Waals surface area contributed by atoms with E-state index in [9.17, 15) is 14.4 Å². The largest absolute Gasteiger partial charge is 0.480 e. The number of carbonyl (C=O) groups is 3. The van der Waals surface area contributed by atoms with E-state index < -0.39 is 17.9 Å². The molecule has 0 aliphatic rings. The van der Waals surface area contributed by atoms with Crippen LogP contribution in [0.4, 0.5) is 5.69 Å². The van der Waals surface area contributed by atoms with Crippen LogP contribution in [0.1, 0.15) is 32.3 Å². The van der Waals surface area contributed by atoms with Crippen LogP contribution in [-0.2, 0) is 14.4 Å². The number of rotatable bonds is 7. The van der Waals surface area contributed by atoms with E-state index in [0.717, 1.165) is 5.56 Å². The maximum atomic E-state index is 11.7. The van der Waals surface area contributed by atoms with Gasteiger partial charge >= 0.3 is 5.97 Å². The van der Waals surface area contributed by atoms with E-state index in [0.29, 0.717) is 5.69 Å². The number of carboxylic acid groups (broad SMARTS) is 1. The second kappa shape index (κ2) is 8.17. The van der Waals surface area contributed by atoms with Crippen molar-refractivity contribution in [1.82, 2.24) is 5.32 Å². The molecule has 0 radical (unpaired) electrons. The minimum absolute atomic E-state index is 0.00411. The highest BCUT2D eigenvalue weighted by atomic mass is 16.4. The Kier molecular flexibility index (Phi) is 6.56. The van der Waals surface area contributed by atoms with E-state index in [2.05, 4.69) is 10.6 Å². The average molecular weight is 306 g/mol. The Morgan fingerprint density at radius 3 is 2.09 bits per heavy atom. The van der Waals surface area contributed by atoms with Gasteiger partial charge in [-0.25, -0.2) is 4.79 Å². The summed E-state index contributed by atoms with van der Waals surface area (Å²) in [6.45, 7) is 5.37. The minimum atomic E-state index is -1.08. The summed E-state index contributed by atoms with van der Waals surface area (Å²) in [6, 6.07) is 6.39. The molecule has 0 spiro atoms. The highest BCUT2D eigenvalue weighted by Gasteiger charge is 2.23. The molecule has 120 valence electrons. The summed E-state index contributed by atoms with van der Waals surface area (Å²) < 4.78 is 0. The fourth-order valence-corrected chi connectivity index (χ4v) is 1.85. The van der Waals surface area contributed by atoms with Gasteiger partial charge in [-0.1, -0.05) is 31.5 Å². The SMILES string of the molecule is Cc1ccc(NC(=O)CCC(=O)NC(C(=O)O)C(C)C)cc1. The number of hydrogen-bond donors (Lipinski definition) is 3. The van der Waals surface area contributed by atoms with Crippen molar-refractivity contribution in [3.8, 4) is 0 Å². The van der Waals surface area contributed by atoms with Gasteiger partial charge in [-0.2, -0.15) is 0 Å². The van der Waals surface area contributed by atoms with Gasteiger partial charge in [0.1, 0.15) is 6.04 Å². The van der Waals surface area contributed by atoms with Crippen molar-refractivity contribution >= 4 is 23.5 Å². The van der Waals surface area contributed by atoms with Crippen molar-refractivity contribution in [2.75, 3.05) is 5.32 Å². The molecule has 1 atom stereocenters. The molecule has 1 unspecified atom stereocenters. The summed E-state index contributed by atoms with van der Waals surface area (Å²) in [5.41, 5.74) is 1.76. The van der Waals surface area contributed by atoms with E-state index in [1.165, 1.54) is 0 Å². The van der Waals surface area contributed by atoms with Gasteiger partial charge in [-0.05, 0) is 25.0 Å². The predicted octanol–water partition coefficient (Wildman–Crippen LogP) is 1.94. The Morgan fingerprint density at radius 1 is 1.05 bits per heavy atom. The maximum absolute atomic E-state index is 11.7. The molecule has 6 nitrogen and oxygen atoms in total. The lowest BCUT2D eigenvalue weighted by molar-refractivity contribution is -0.143. The van der Waals surface area contributed by atoms with E-state index >= 15 is 0 Å². The molecular formula is C16H22N2O4. The highest BCUT2D eigenvalue weighted by molar-refractivity contribution is 5.93. The normalized spacial score (nSPS) is 11.8. The Labute approximate surface area is 129 Å². The van der Waals surface area contributed by atoms with Gasteiger partial charge in [-0.15, -0.1) is 0 Å². The van der Waals surface area contributed by atoms with Crippen LogP contribution in [-0.4, -0.2) is 28.9 Å². The quantitative estimate of drug-likeness (QED) is 0.717. The van der Waals surface area contributed by atoms with Gasteiger partial charge in [0, 0.05) is 18.5 Å². The third-order valence-corrected chi connectivity index (χ3v) is 3.16. The molecule has 22 heavy (non-hydrogen) atoms. The Bertz CT molecular complexity index is 538. The van der Waals surface area contributed by atoms with Crippen LogP contribution < -0.4 is 10.6 Å². The number of nitrogens with one attached hydrogen (secondary N) is 2. The summed E-state index contributed by atoms with van der Waals surface area (Å²) in [4.78, 5) is 34.4. The van der Waals surface area contributed by atoms with Crippen LogP contribution in [0, 0.1) is 12.8 Å². The number of carboxylic acids is 1. The van der Waals surface area contributed by atoms with Gasteiger partial charge in [0.2, 0.25) is 11.8 Å². The molecule has 3 N–H and O–H groups in total. The van der Waals surface area contributed by atoms with Crippen molar-refractivity contribution in [3.05, 3.63) is 29.8 Å². The van der Waals surface area contributed by atoms with Crippen LogP contribution in [0.15, 0.2) is 24.3 Å². The zero-order valence-electron chi connectivity index (χ0n) is 13.1. The van der Waals surface area contributed by atoms with Crippen molar-refractivity contribution in [3.63, 3.8) is 0 Å². The summed E-state index contributed by atoms with van der Waals surface area (Å²) in [6.07, 6.45) is -0.0433. The molecule has 0 saturated heterocycles. The van der Waals surface area contributed by atoms with Crippen LogP contribution in [0.3, 0.4) is 0 Å². The molecule has 1 rings (SSSR count). The van der Waals surface area contributed by atoms with E-state index in [1.807, 2.05) is 19.1 Å². The molecule has 6 heteroatoms. The Morgan fingerprint density at radius 2 is 1.59 bits per heavy atom. The lowest BCUT2D eigenvalue weighted by Gasteiger charge is -2.17. The number of hydrogen-bond acceptors (Lipinski definition) is 3. The first kappa shape index (κ1) is 17.7. The minimum Gasteiger partial charge on any atom is -0.480 e. The second-order valence-electron chi connectivity index (χ2n) is 5.54. The lowest BCUT2D eigenvalue weighted by Crippen LogP contribution is -2.44. The van der Waals surface area contributed by atoms with Crippen molar-refractivity contribution in [1.29, 1.82) is 0 Å². The standard InChI is InChI=1S/C16H22N2O4/c1-10(2)15(16(21)22)18-14(20)9-8-13(19)17-12-6-4-11(3)5-7-12/h4-7,10,15H,8-9H2,1-3H3,(H,17,19)(H,18,20)(H,21,22). The van der Waals surface area contributed by atoms with Gasteiger partial charge < -0.3 is 15.7 Å². The van der Waals surface area contributed by atoms with Crippen LogP contribution >= 0.6 is 0 Å². The summed E-state index contributed by atoms with van der Waals surface area (Å²) in [7, 11) is 0. The first-order chi connectivity index (χ1) is 10.3. The molecule has 2 amide bonds. The number of aryl methyl sites for hydroxylation is 1. The molecule has 0 aliphatic carbocycles. The molecule has 1 aromatic carbocycles. The fourth-order valence-electron chi connectivity index (χ4n) is 1.85. The predicted molar refractivity (Wildman–Crippen MR) is 83.4 cm³/mol. The van der Waals surface area contributed by atoms with Crippen LogP contribution in [0.5, 0.6) is 0 Å². The maximum Gasteiger partial charge on any atom is 0.326 e. The van der Waals surface area contributed by atoms with E-state index in [1.54, 1.807) is 26.0 Å². The van der Waals surface area contributed by atoms with Crippen molar-refractivity contribution < 1.29 is 19.5 Å². The number of benzene rings is 1. The first-order valence-corrected chi connectivity index (χ1v) is 7.18. The van der Waals surface area contributed by atoms with E-state index in [-0.39, 0.29) is 24.7 Å². The molecule has 0 heterocycles. The van der Waals surface area contributed by atoms with Gasteiger partial charge in [0.15, 0.2) is 0 Å². The van der Waals surface area contributed by atoms with Crippen molar-refractivity contribution in [2.24, 2.45) is 5.92 Å². The first-order valence-electron chi connectivity index (χ1n) is 7.18. The van der Waals surface area contributed by atoms with Crippen molar-refractivity contribution in [2.45, 2.75) is 39.7 Å². The smallest absolute Gasteiger partial charge is 0.326 e. The molecule has 1 aromatic rings. The number of carbonyl (C=O) groups excluding carboxylic acids is 2. The van der Waals surface area contributed by atoms with Crippen LogP contribution in [0.25, 0.3) is 0 Å². The molecule has 0 fully saturated rings. The summed E-state index contributed by atoms with van der Waals surface area (Å²) >= 11 is 0. The number of anilines is 1. The lowest BCUT2D eigenvalue weighted by atomic mass is 10.0. The fraction of sp³-hybridized carbons (Fsp3) is 0.438. The molecule has 0 saturated carbocycles. The molecule has 0 aliphatic heterocycles. The number of amides is 2. The highest BCUT2D eigenvalue weighted by Crippen LogP contribution is 2.09. The second-order valence-corrected chi connectivity index (χ2v) is 5.54. The van der Waals surface area contributed by atoms with Gasteiger partial charge in [0.25, 0.3) is 0 Å². The topological polar surface area (TPSA) is 95.5 Å². The third-order valence-electron chi connectivity index (χ3n) is 3.16. The number of aliphatic carboxylic acids is 1. The summed E-state index contributed by atoms with van der Waals surface area (Å²) in [5.74, 6) is -2.02. The Balaban J connectivity index is 2.41. The molecular weight excluding hydrogens is 284 g/mol. The van der Waals surface area contributed by atoms with E-state index in [4.69, 9.17) is 5.11 Å². The zero-order valence-corrected chi connectivity index (χ0v) is 13.1. The zero-order chi connectivity index (χ0) is 16.7. The third kappa shape index (κ3) is 5.95.